The second-order valence-electron chi connectivity index (χ2n) is 23.6. The minimum Gasteiger partial charge on any atom is -0.394 e. The highest BCUT2D eigenvalue weighted by atomic mass is 16.8. The fourth-order valence-corrected chi connectivity index (χ4v) is 11.7. The SMILES string of the molecule is CC(=O)N[C@H]1[C@H](O[C@@H]([C@H](O)[C@H](CO)NC(C)=O)[C@H](O)CO)O[C@H](CO)[C@@H](O[C@@H]2O[C@H](CO[C@H]3O[C@H](CO)[C@@H](O)[C@H](O)[C@@H]3O)[C@@H](O)[C@H](O[C@H]3O[C@H](CO)[C@@H](O)[C@H](O)[C@@H]3O[C@H]3O[C@H](CO)[C@@H](O)[C@H](O)[C@@H]3O[C@H]3O[C@H](CO)[C@@H](O)[C@H](O[C@H]4O[C@H](CO)[C@@H](O)[C@H](O)[C@H]4O)[C@@H]3O)[C@@H]2O)[C@@H]1O. The number of carbonyl (C=O) groups is 2. The van der Waals surface area contributed by atoms with Crippen LogP contribution < -0.4 is 10.6 Å². The number of nitrogens with one attached hydrogen (secondary N) is 2. The number of rotatable bonds is 28. The quantitative estimate of drug-likeness (QED) is 0.0346. The first-order valence-corrected chi connectivity index (χ1v) is 30.1. The average Bonchev–Trinajstić information content (AvgIpc) is 0.777. The van der Waals surface area contributed by atoms with Crippen molar-refractivity contribution in [2.75, 3.05) is 59.5 Å². The lowest BCUT2D eigenvalue weighted by molar-refractivity contribution is -0.410. The lowest BCUT2D eigenvalue weighted by atomic mass is 9.94. The molecule has 0 spiro atoms. The third kappa shape index (κ3) is 17.8. The van der Waals surface area contributed by atoms with E-state index in [0.29, 0.717) is 0 Å². The molecule has 0 aromatic carbocycles. The monoisotopic (exact) mass is 1400 g/mol. The van der Waals surface area contributed by atoms with E-state index in [9.17, 15) is 137 Å². The first kappa shape index (κ1) is 79.7. The number of carbonyl (C=O) groups excluding carboxylic acids is 2. The maximum absolute atomic E-state index is 12.8. The Morgan fingerprint density at radius 1 is 0.358 bits per heavy atom. The van der Waals surface area contributed by atoms with Crippen molar-refractivity contribution in [3.8, 4) is 0 Å². The van der Waals surface area contributed by atoms with Crippen LogP contribution >= 0.6 is 0 Å². The van der Waals surface area contributed by atoms with Gasteiger partial charge < -0.3 is 205 Å². The third-order valence-electron chi connectivity index (χ3n) is 17.1. The molecule has 7 rings (SSSR count). The van der Waals surface area contributed by atoms with Gasteiger partial charge in [-0.15, -0.1) is 0 Å². The number of amides is 2. The topological polar surface area (TPSA) is 693 Å². The van der Waals surface area contributed by atoms with Crippen molar-refractivity contribution in [2.24, 2.45) is 0 Å². The second kappa shape index (κ2) is 35.3. The Hall–Kier alpha value is -2.62. The van der Waals surface area contributed by atoms with Gasteiger partial charge >= 0.3 is 0 Å². The summed E-state index contributed by atoms with van der Waals surface area (Å²) >= 11 is 0. The summed E-state index contributed by atoms with van der Waals surface area (Å²) in [5.41, 5.74) is 0. The zero-order valence-corrected chi connectivity index (χ0v) is 50.6. The van der Waals surface area contributed by atoms with Crippen LogP contribution in [0.3, 0.4) is 0 Å². The van der Waals surface area contributed by atoms with Crippen LogP contribution in [0.25, 0.3) is 0 Å². The molecule has 7 saturated heterocycles. The fraction of sp³-hybridized carbons (Fsp3) is 0.962. The van der Waals surface area contributed by atoms with Crippen LogP contribution in [0.2, 0.25) is 0 Å². The Labute approximate surface area is 537 Å². The van der Waals surface area contributed by atoms with Crippen LogP contribution in [0.5, 0.6) is 0 Å². The Morgan fingerprint density at radius 2 is 0.716 bits per heavy atom. The van der Waals surface area contributed by atoms with Gasteiger partial charge in [-0.3, -0.25) is 9.59 Å². The van der Waals surface area contributed by atoms with Crippen molar-refractivity contribution in [2.45, 2.75) is 253 Å². The maximum Gasteiger partial charge on any atom is 0.217 e. The van der Waals surface area contributed by atoms with Crippen molar-refractivity contribution in [1.29, 1.82) is 0 Å². The van der Waals surface area contributed by atoms with E-state index in [1.165, 1.54) is 0 Å². The molecular formula is C52H90N2O41. The molecule has 39 atom stereocenters. The molecule has 95 heavy (non-hydrogen) atoms. The molecule has 0 bridgehead atoms. The van der Waals surface area contributed by atoms with Crippen molar-refractivity contribution in [3.63, 3.8) is 0 Å². The summed E-state index contributed by atoms with van der Waals surface area (Å²) in [6.45, 7) is -7.72. The zero-order chi connectivity index (χ0) is 70.3. The molecule has 27 N–H and O–H groups in total. The van der Waals surface area contributed by atoms with Gasteiger partial charge in [-0.05, 0) is 0 Å². The van der Waals surface area contributed by atoms with E-state index in [-0.39, 0.29) is 0 Å². The van der Waals surface area contributed by atoms with Gasteiger partial charge in [0.05, 0.1) is 65.5 Å². The molecule has 0 aromatic heterocycles. The summed E-state index contributed by atoms with van der Waals surface area (Å²) in [5.74, 6) is -1.72. The highest BCUT2D eigenvalue weighted by molar-refractivity contribution is 5.73. The molecule has 0 aromatic rings. The van der Waals surface area contributed by atoms with Crippen molar-refractivity contribution in [3.05, 3.63) is 0 Å². The van der Waals surface area contributed by atoms with Gasteiger partial charge in [-0.25, -0.2) is 0 Å². The number of hydrogen-bond donors (Lipinski definition) is 27. The smallest absolute Gasteiger partial charge is 0.217 e. The van der Waals surface area contributed by atoms with Gasteiger partial charge in [0.2, 0.25) is 11.8 Å². The van der Waals surface area contributed by atoms with Crippen LogP contribution in [0.4, 0.5) is 0 Å². The molecule has 7 fully saturated rings. The lowest BCUT2D eigenvalue weighted by Gasteiger charge is -2.51. The van der Waals surface area contributed by atoms with Gasteiger partial charge in [0.25, 0.3) is 0 Å². The van der Waals surface area contributed by atoms with Crippen LogP contribution in [-0.4, -0.2) is 438 Å². The molecule has 2 amide bonds. The van der Waals surface area contributed by atoms with E-state index in [1.54, 1.807) is 0 Å². The van der Waals surface area contributed by atoms with E-state index in [4.69, 9.17) is 66.3 Å². The Balaban J connectivity index is 1.21. The normalized spacial score (nSPS) is 47.3. The number of aliphatic hydroxyl groups is 25. The highest BCUT2D eigenvalue weighted by Gasteiger charge is 2.59. The molecule has 554 valence electrons. The minimum atomic E-state index is -2.51. The molecule has 7 aliphatic rings. The standard InChI is InChI=1S/C52H90N2O41/c1-12(63)53-14(3-55)24(66)40(15(65)4-56)90-46-23(54-13(2)64)31(73)41(21(10-62)88-46)91-50-39(81)43(30(72)22(89-50)11-82-47-36(78)32(74)25(67)16(5-57)83-47)93-51-45(35(77)28(70)18(7-59)86-51)95-52-44(34(76)27(69)19(8-60)87-52)94-49-38(80)42(29(71)20(9-61)85-49)92-48-37(79)33(75)26(68)17(6-58)84-48/h14-52,55-62,65-81H,3-11H2,1-2H3,(H,53,63)(H,54,64)/t14-,15+,16+,17+,18+,19+,20+,21+,22+,23+,24+,25+,26+,27+,28+,29+,30+,31+,32-,33-,34-,35-,36-,37+,38-,39-,40+,41+,42-,43-,44-,45-,46-,47-,48+,49+,50-,51+,52+/m0/s1. The number of ether oxygens (including phenoxy) is 14. The van der Waals surface area contributed by atoms with Crippen LogP contribution in [-0.2, 0) is 75.9 Å². The van der Waals surface area contributed by atoms with Crippen LogP contribution in [0, 0.1) is 0 Å². The maximum atomic E-state index is 12.8. The fourth-order valence-electron chi connectivity index (χ4n) is 11.7. The molecule has 7 heterocycles. The van der Waals surface area contributed by atoms with Crippen molar-refractivity contribution < 1.29 is 204 Å². The molecule has 0 radical (unpaired) electrons. The molecule has 0 saturated carbocycles. The van der Waals surface area contributed by atoms with E-state index < -0.39 is 311 Å². The molecule has 43 heteroatoms. The highest BCUT2D eigenvalue weighted by Crippen LogP contribution is 2.39. The molecular weight excluding hydrogens is 1310 g/mol. The van der Waals surface area contributed by atoms with Gasteiger partial charge in [0.1, 0.15) is 189 Å². The first-order valence-electron chi connectivity index (χ1n) is 30.1. The van der Waals surface area contributed by atoms with E-state index >= 15 is 0 Å². The second-order valence-corrected chi connectivity index (χ2v) is 23.6. The predicted octanol–water partition coefficient (Wildman–Crippen LogP) is -18.5. The van der Waals surface area contributed by atoms with Gasteiger partial charge in [-0.2, -0.15) is 0 Å². The summed E-state index contributed by atoms with van der Waals surface area (Å²) in [5, 5.41) is 276. The lowest BCUT2D eigenvalue weighted by Crippen LogP contribution is -2.70. The van der Waals surface area contributed by atoms with E-state index in [1.807, 2.05) is 0 Å². The molecule has 0 aliphatic carbocycles. The largest absolute Gasteiger partial charge is 0.394 e. The summed E-state index contributed by atoms with van der Waals surface area (Å²) in [4.78, 5) is 24.7. The summed E-state index contributed by atoms with van der Waals surface area (Å²) < 4.78 is 81.1. The van der Waals surface area contributed by atoms with E-state index in [0.717, 1.165) is 13.8 Å². The average molecular weight is 1400 g/mol. The molecule has 0 unspecified atom stereocenters. The van der Waals surface area contributed by atoms with E-state index in [2.05, 4.69) is 10.6 Å². The Morgan fingerprint density at radius 3 is 1.16 bits per heavy atom. The Kier molecular flexibility index (Phi) is 29.6. The summed E-state index contributed by atoms with van der Waals surface area (Å²) in [6.07, 6.45) is -78.3. The van der Waals surface area contributed by atoms with Crippen LogP contribution in [0.1, 0.15) is 13.8 Å². The summed E-state index contributed by atoms with van der Waals surface area (Å²) in [7, 11) is 0. The predicted molar refractivity (Wildman–Crippen MR) is 290 cm³/mol. The molecule has 7 aliphatic heterocycles. The Bertz CT molecular complexity index is 2330. The minimum absolute atomic E-state index is 0.784. The van der Waals surface area contributed by atoms with Crippen molar-refractivity contribution in [1.82, 2.24) is 10.6 Å². The zero-order valence-electron chi connectivity index (χ0n) is 50.6. The first-order chi connectivity index (χ1) is 44.9. The molecule has 43 nitrogen and oxygen atoms in total. The van der Waals surface area contributed by atoms with Crippen LogP contribution in [0.15, 0.2) is 0 Å². The number of aliphatic hydroxyl groups excluding tert-OH is 25. The number of hydrogen-bond acceptors (Lipinski definition) is 41. The van der Waals surface area contributed by atoms with Crippen molar-refractivity contribution >= 4 is 11.8 Å². The third-order valence-corrected chi connectivity index (χ3v) is 17.1. The summed E-state index contributed by atoms with van der Waals surface area (Å²) in [6, 6.07) is -3.51. The van der Waals surface area contributed by atoms with Gasteiger partial charge in [-0.1, -0.05) is 0 Å². The van der Waals surface area contributed by atoms with Gasteiger partial charge in [0, 0.05) is 13.8 Å². The van der Waals surface area contributed by atoms with Gasteiger partial charge in [0.15, 0.2) is 44.0 Å².